The number of anilines is 1. The van der Waals surface area contributed by atoms with E-state index in [9.17, 15) is 9.59 Å². The first-order chi connectivity index (χ1) is 18.1. The van der Waals surface area contributed by atoms with Crippen LogP contribution in [0, 0.1) is 0 Å². The van der Waals surface area contributed by atoms with Crippen molar-refractivity contribution < 1.29 is 19.1 Å². The van der Waals surface area contributed by atoms with Crippen LogP contribution >= 0.6 is 0 Å². The highest BCUT2D eigenvalue weighted by Crippen LogP contribution is 2.34. The van der Waals surface area contributed by atoms with E-state index < -0.39 is 6.10 Å². The number of amides is 2. The maximum Gasteiger partial charge on any atom is 0.262 e. The minimum absolute atomic E-state index is 0.0680. The van der Waals surface area contributed by atoms with Gasteiger partial charge in [-0.3, -0.25) is 9.59 Å². The Labute approximate surface area is 215 Å². The highest BCUT2D eigenvalue weighted by Gasteiger charge is 2.31. The Morgan fingerprint density at radius 1 is 1.08 bits per heavy atom. The number of nitrogens with zero attached hydrogens (tertiary/aromatic N) is 1. The van der Waals surface area contributed by atoms with Crippen LogP contribution in [0.4, 0.5) is 5.69 Å². The molecule has 3 aromatic carbocycles. The lowest BCUT2D eigenvalue weighted by atomic mass is 9.90. The quantitative estimate of drug-likeness (QED) is 0.346. The summed E-state index contributed by atoms with van der Waals surface area (Å²) >= 11 is 0. The maximum atomic E-state index is 13.2. The van der Waals surface area contributed by atoms with Crippen molar-refractivity contribution in [1.29, 1.82) is 0 Å². The summed E-state index contributed by atoms with van der Waals surface area (Å²) in [6.45, 7) is 0.809. The van der Waals surface area contributed by atoms with E-state index in [0.717, 1.165) is 33.5 Å². The fraction of sp³-hybridized carbons (Fsp3) is 0.241. The molecule has 1 aliphatic heterocycles. The van der Waals surface area contributed by atoms with Gasteiger partial charge in [0.05, 0.1) is 25.9 Å². The molecule has 0 aliphatic carbocycles. The van der Waals surface area contributed by atoms with Crippen LogP contribution in [-0.2, 0) is 9.59 Å². The third-order valence-corrected chi connectivity index (χ3v) is 6.75. The summed E-state index contributed by atoms with van der Waals surface area (Å²) in [7, 11) is 3.22. The van der Waals surface area contributed by atoms with Crippen LogP contribution < -0.4 is 25.0 Å². The number of hydrogen-bond acceptors (Lipinski definition) is 5. The molecule has 1 aromatic heterocycles. The number of para-hydroxylation sites is 3. The van der Waals surface area contributed by atoms with Gasteiger partial charge < -0.3 is 30.0 Å². The van der Waals surface area contributed by atoms with Gasteiger partial charge in [0.15, 0.2) is 6.10 Å². The molecular formula is C29H30N4O4. The average Bonchev–Trinajstić information content (AvgIpc) is 3.37. The van der Waals surface area contributed by atoms with Gasteiger partial charge in [-0.25, -0.2) is 0 Å². The number of H-pyrrole nitrogens is 1. The van der Waals surface area contributed by atoms with Crippen LogP contribution in [0.5, 0.6) is 11.5 Å². The number of fused-ring (bicyclic) bond motifs is 2. The van der Waals surface area contributed by atoms with Crippen LogP contribution in [0.2, 0.25) is 0 Å². The molecule has 0 saturated carbocycles. The molecule has 2 heterocycles. The molecule has 37 heavy (non-hydrogen) atoms. The van der Waals surface area contributed by atoms with Crippen molar-refractivity contribution in [1.82, 2.24) is 15.6 Å². The Bertz CT molecular complexity index is 1400. The van der Waals surface area contributed by atoms with Crippen LogP contribution in [0.15, 0.2) is 79.0 Å². The number of aromatic nitrogens is 1. The molecule has 2 amide bonds. The number of rotatable bonds is 8. The van der Waals surface area contributed by atoms with Gasteiger partial charge in [0.1, 0.15) is 11.5 Å². The largest absolute Gasteiger partial charge is 0.497 e. The van der Waals surface area contributed by atoms with Gasteiger partial charge in [0.2, 0.25) is 5.91 Å². The molecule has 0 saturated heterocycles. The zero-order chi connectivity index (χ0) is 25.8. The lowest BCUT2D eigenvalue weighted by molar-refractivity contribution is -0.127. The number of methoxy groups -OCH3 is 1. The number of likely N-dealkylation sites (N-methyl/N-ethyl adjacent to an activating group) is 1. The zero-order valence-corrected chi connectivity index (χ0v) is 20.9. The second-order valence-corrected chi connectivity index (χ2v) is 8.99. The molecule has 0 radical (unpaired) electrons. The van der Waals surface area contributed by atoms with Crippen molar-refractivity contribution >= 4 is 28.4 Å². The average molecular weight is 499 g/mol. The Morgan fingerprint density at radius 2 is 1.84 bits per heavy atom. The van der Waals surface area contributed by atoms with Crippen molar-refractivity contribution in [3.8, 4) is 11.5 Å². The fourth-order valence-electron chi connectivity index (χ4n) is 4.83. The summed E-state index contributed by atoms with van der Waals surface area (Å²) in [6, 6.07) is 23.5. The van der Waals surface area contributed by atoms with Crippen LogP contribution in [-0.4, -0.2) is 56.7 Å². The normalized spacial score (nSPS) is 15.4. The third-order valence-electron chi connectivity index (χ3n) is 6.75. The highest BCUT2D eigenvalue weighted by atomic mass is 16.5. The monoisotopic (exact) mass is 498 g/mol. The van der Waals surface area contributed by atoms with E-state index in [1.165, 1.54) is 0 Å². The Hall–Kier alpha value is -4.46. The number of hydrogen-bond donors (Lipinski definition) is 3. The summed E-state index contributed by atoms with van der Waals surface area (Å²) in [4.78, 5) is 30.7. The lowest BCUT2D eigenvalue weighted by Gasteiger charge is -2.35. The van der Waals surface area contributed by atoms with E-state index >= 15 is 0 Å². The van der Waals surface area contributed by atoms with Crippen LogP contribution in [0.3, 0.4) is 0 Å². The van der Waals surface area contributed by atoms with E-state index in [2.05, 4.69) is 21.7 Å². The molecular weight excluding hydrogens is 468 g/mol. The number of aromatic amines is 1. The summed E-state index contributed by atoms with van der Waals surface area (Å²) in [6.07, 6.45) is 1.32. The van der Waals surface area contributed by atoms with E-state index in [0.29, 0.717) is 12.3 Å². The van der Waals surface area contributed by atoms with Crippen LogP contribution in [0.25, 0.3) is 10.9 Å². The van der Waals surface area contributed by atoms with Gasteiger partial charge >= 0.3 is 0 Å². The zero-order valence-electron chi connectivity index (χ0n) is 20.9. The summed E-state index contributed by atoms with van der Waals surface area (Å²) in [5.74, 6) is 0.943. The van der Waals surface area contributed by atoms with Gasteiger partial charge in [0, 0.05) is 36.6 Å². The summed E-state index contributed by atoms with van der Waals surface area (Å²) in [5.41, 5.74) is 4.02. The summed E-state index contributed by atoms with van der Waals surface area (Å²) in [5, 5.41) is 6.88. The minimum Gasteiger partial charge on any atom is -0.497 e. The molecule has 2 atom stereocenters. The lowest BCUT2D eigenvalue weighted by Crippen LogP contribution is -2.50. The molecule has 5 rings (SSSR count). The maximum absolute atomic E-state index is 13.2. The molecule has 0 unspecified atom stereocenters. The molecule has 4 aromatic rings. The number of ether oxygens (including phenoxy) is 2. The first-order valence-electron chi connectivity index (χ1n) is 12.3. The standard InChI is InChI=1S/C29H30N4O4/c1-30-29(35)27-17-33(25-9-5-6-10-26(25)37-27)18-28(34)32-15-22(19-11-13-20(36-2)14-12-19)23-16-31-24-8-4-3-7-21(23)24/h3-14,16,22,27,31H,15,17-18H2,1-2H3,(H,30,35)(H,32,34)/t22-,27-/m0/s1. The Balaban J connectivity index is 1.36. The van der Waals surface area contributed by atoms with Gasteiger partial charge in [0.25, 0.3) is 5.91 Å². The van der Waals surface area contributed by atoms with Crippen molar-refractivity contribution in [3.63, 3.8) is 0 Å². The second-order valence-electron chi connectivity index (χ2n) is 8.99. The number of carbonyl (C=O) groups is 2. The third kappa shape index (κ3) is 5.09. The topological polar surface area (TPSA) is 95.7 Å². The van der Waals surface area contributed by atoms with E-state index in [-0.39, 0.29) is 30.8 Å². The van der Waals surface area contributed by atoms with Gasteiger partial charge in [-0.2, -0.15) is 0 Å². The van der Waals surface area contributed by atoms with E-state index in [1.54, 1.807) is 14.2 Å². The molecule has 1 aliphatic rings. The Morgan fingerprint density at radius 3 is 2.62 bits per heavy atom. The Kier molecular flexibility index (Phi) is 6.98. The summed E-state index contributed by atoms with van der Waals surface area (Å²) < 4.78 is 11.2. The van der Waals surface area contributed by atoms with Gasteiger partial charge in [-0.1, -0.05) is 42.5 Å². The molecule has 0 fully saturated rings. The SMILES string of the molecule is CNC(=O)[C@@H]1CN(CC(=O)NC[C@@H](c2ccc(OC)cc2)c2c[nH]c3ccccc23)c2ccccc2O1. The van der Waals surface area contributed by atoms with Crippen LogP contribution in [0.1, 0.15) is 17.0 Å². The molecule has 190 valence electrons. The predicted molar refractivity (Wildman–Crippen MR) is 143 cm³/mol. The molecule has 0 bridgehead atoms. The molecule has 0 spiro atoms. The fourth-order valence-corrected chi connectivity index (χ4v) is 4.83. The molecule has 3 N–H and O–H groups in total. The first-order valence-corrected chi connectivity index (χ1v) is 12.3. The van der Waals surface area contributed by atoms with Crippen molar-refractivity contribution in [3.05, 3.63) is 90.1 Å². The second kappa shape index (κ2) is 10.7. The first kappa shape index (κ1) is 24.2. The van der Waals surface area contributed by atoms with E-state index in [4.69, 9.17) is 9.47 Å². The number of carbonyl (C=O) groups excluding carboxylic acids is 2. The van der Waals surface area contributed by atoms with Crippen molar-refractivity contribution in [2.45, 2.75) is 12.0 Å². The smallest absolute Gasteiger partial charge is 0.262 e. The van der Waals surface area contributed by atoms with E-state index in [1.807, 2.05) is 77.8 Å². The van der Waals surface area contributed by atoms with Gasteiger partial charge in [-0.05, 0) is 41.5 Å². The van der Waals surface area contributed by atoms with Gasteiger partial charge in [-0.15, -0.1) is 0 Å². The number of benzene rings is 3. The van der Waals surface area contributed by atoms with Crippen molar-refractivity contribution in [2.75, 3.05) is 38.7 Å². The van der Waals surface area contributed by atoms with Crippen molar-refractivity contribution in [2.24, 2.45) is 0 Å². The predicted octanol–water partition coefficient (Wildman–Crippen LogP) is 3.44. The minimum atomic E-state index is -0.689. The molecule has 8 nitrogen and oxygen atoms in total. The highest BCUT2D eigenvalue weighted by molar-refractivity contribution is 5.87. The molecule has 8 heteroatoms. The number of nitrogens with one attached hydrogen (secondary N) is 3.